The molecule has 0 N–H and O–H groups in total. The molecule has 1 aliphatic rings. The van der Waals surface area contributed by atoms with Crippen LogP contribution in [-0.2, 0) is 17.8 Å². The molecule has 8 nitrogen and oxygen atoms in total. The number of aromatic nitrogens is 3. The molecule has 0 atom stereocenters. The van der Waals surface area contributed by atoms with E-state index in [9.17, 15) is 9.59 Å². The van der Waals surface area contributed by atoms with E-state index in [1.165, 1.54) is 0 Å². The average molecular weight is 496 g/mol. The van der Waals surface area contributed by atoms with E-state index < -0.39 is 0 Å². The van der Waals surface area contributed by atoms with Crippen LogP contribution < -0.4 is 4.74 Å². The fraction of sp³-hybridized carbons (Fsp3) is 0.241. The third kappa shape index (κ3) is 5.69. The van der Waals surface area contributed by atoms with Crippen molar-refractivity contribution in [3.63, 3.8) is 0 Å². The first-order valence-corrected chi connectivity index (χ1v) is 12.3. The van der Waals surface area contributed by atoms with Gasteiger partial charge in [-0.15, -0.1) is 0 Å². The second kappa shape index (κ2) is 11.1. The van der Waals surface area contributed by atoms with Crippen LogP contribution in [0.15, 0.2) is 85.2 Å². The van der Waals surface area contributed by atoms with Crippen LogP contribution in [0.2, 0.25) is 0 Å². The minimum absolute atomic E-state index is 0.0264. The number of nitrogens with zero attached hydrogens (tertiary/aromatic N) is 5. The van der Waals surface area contributed by atoms with Gasteiger partial charge in [-0.3, -0.25) is 19.3 Å². The van der Waals surface area contributed by atoms with Crippen LogP contribution in [-0.4, -0.2) is 69.7 Å². The van der Waals surface area contributed by atoms with Crippen molar-refractivity contribution >= 4 is 11.8 Å². The molecule has 37 heavy (non-hydrogen) atoms. The Morgan fingerprint density at radius 1 is 0.892 bits per heavy atom. The summed E-state index contributed by atoms with van der Waals surface area (Å²) in [6.07, 6.45) is 3.78. The smallest absolute Gasteiger partial charge is 0.257 e. The Bertz CT molecular complexity index is 1360. The van der Waals surface area contributed by atoms with E-state index in [-0.39, 0.29) is 18.2 Å². The maximum atomic E-state index is 13.7. The molecule has 2 aromatic carbocycles. The summed E-state index contributed by atoms with van der Waals surface area (Å²) in [7, 11) is 1.62. The van der Waals surface area contributed by atoms with Crippen molar-refractivity contribution in [1.29, 1.82) is 0 Å². The van der Waals surface area contributed by atoms with E-state index in [0.717, 1.165) is 16.8 Å². The fourth-order valence-electron chi connectivity index (χ4n) is 4.51. The third-order valence-electron chi connectivity index (χ3n) is 6.50. The summed E-state index contributed by atoms with van der Waals surface area (Å²) in [6.45, 7) is 2.47. The number of pyridine rings is 1. The number of amides is 2. The number of rotatable bonds is 7. The molecule has 0 saturated carbocycles. The Morgan fingerprint density at radius 3 is 2.38 bits per heavy atom. The van der Waals surface area contributed by atoms with Gasteiger partial charge in [-0.2, -0.15) is 5.10 Å². The lowest BCUT2D eigenvalue weighted by molar-refractivity contribution is -0.132. The minimum Gasteiger partial charge on any atom is -0.497 e. The van der Waals surface area contributed by atoms with E-state index in [2.05, 4.69) is 4.98 Å². The number of hydrogen-bond donors (Lipinski definition) is 0. The second-order valence-corrected chi connectivity index (χ2v) is 8.98. The zero-order chi connectivity index (χ0) is 25.6. The highest BCUT2D eigenvalue weighted by molar-refractivity contribution is 6.00. The molecular weight excluding hydrogens is 466 g/mol. The van der Waals surface area contributed by atoms with E-state index in [1.54, 1.807) is 23.1 Å². The molecule has 1 aliphatic heterocycles. The molecule has 0 radical (unpaired) electrons. The molecule has 0 unspecified atom stereocenters. The summed E-state index contributed by atoms with van der Waals surface area (Å²) in [4.78, 5) is 34.3. The molecule has 1 saturated heterocycles. The molecule has 0 aliphatic carbocycles. The Balaban J connectivity index is 1.34. The topological polar surface area (TPSA) is 80.6 Å². The van der Waals surface area contributed by atoms with Gasteiger partial charge in [0.2, 0.25) is 5.91 Å². The van der Waals surface area contributed by atoms with Crippen LogP contribution in [0.5, 0.6) is 5.75 Å². The Morgan fingerprint density at radius 2 is 1.65 bits per heavy atom. The van der Waals surface area contributed by atoms with Gasteiger partial charge in [-0.25, -0.2) is 0 Å². The van der Waals surface area contributed by atoms with Gasteiger partial charge < -0.3 is 14.5 Å². The van der Waals surface area contributed by atoms with E-state index >= 15 is 0 Å². The fourth-order valence-corrected chi connectivity index (χ4v) is 4.51. The number of piperazine rings is 1. The first-order valence-electron chi connectivity index (χ1n) is 12.3. The Labute approximate surface area is 216 Å². The number of hydrogen-bond acceptors (Lipinski definition) is 5. The van der Waals surface area contributed by atoms with Gasteiger partial charge in [0.15, 0.2) is 0 Å². The summed E-state index contributed by atoms with van der Waals surface area (Å²) in [5.74, 6) is 0.640. The van der Waals surface area contributed by atoms with Gasteiger partial charge in [0, 0.05) is 49.8 Å². The second-order valence-electron chi connectivity index (χ2n) is 8.98. The van der Waals surface area contributed by atoms with Crippen LogP contribution >= 0.6 is 0 Å². The van der Waals surface area contributed by atoms with Crippen molar-refractivity contribution in [2.45, 2.75) is 13.0 Å². The molecule has 4 aromatic rings. The van der Waals surface area contributed by atoms with E-state index in [4.69, 9.17) is 9.84 Å². The highest BCUT2D eigenvalue weighted by atomic mass is 16.5. The quantitative estimate of drug-likeness (QED) is 0.392. The van der Waals surface area contributed by atoms with Gasteiger partial charge in [-0.1, -0.05) is 48.5 Å². The van der Waals surface area contributed by atoms with Crippen LogP contribution in [0.25, 0.3) is 11.3 Å². The van der Waals surface area contributed by atoms with Crippen LogP contribution in [0.4, 0.5) is 0 Å². The summed E-state index contributed by atoms with van der Waals surface area (Å²) in [5.41, 5.74) is 3.82. The molecule has 188 valence electrons. The number of carbonyl (C=O) groups excluding carboxylic acids is 2. The summed E-state index contributed by atoms with van der Waals surface area (Å²) in [5, 5.41) is 4.80. The van der Waals surface area contributed by atoms with Crippen molar-refractivity contribution in [3.05, 3.63) is 102 Å². The van der Waals surface area contributed by atoms with Crippen LogP contribution in [0.3, 0.4) is 0 Å². The zero-order valence-corrected chi connectivity index (χ0v) is 20.8. The Kier molecular flexibility index (Phi) is 7.26. The number of methoxy groups -OCH3 is 1. The van der Waals surface area contributed by atoms with Gasteiger partial charge in [0.05, 0.1) is 25.6 Å². The largest absolute Gasteiger partial charge is 0.497 e. The highest BCUT2D eigenvalue weighted by Crippen LogP contribution is 2.27. The molecular formula is C29H29N5O3. The summed E-state index contributed by atoms with van der Waals surface area (Å²) < 4.78 is 7.21. The van der Waals surface area contributed by atoms with E-state index in [0.29, 0.717) is 49.7 Å². The van der Waals surface area contributed by atoms with Crippen molar-refractivity contribution in [1.82, 2.24) is 24.6 Å². The number of ether oxygens (including phenoxy) is 1. The van der Waals surface area contributed by atoms with E-state index in [1.807, 2.05) is 83.7 Å². The molecule has 1 fully saturated rings. The third-order valence-corrected chi connectivity index (χ3v) is 6.50. The average Bonchev–Trinajstić information content (AvgIpc) is 3.37. The lowest BCUT2D eigenvalue weighted by Crippen LogP contribution is -2.51. The van der Waals surface area contributed by atoms with Crippen molar-refractivity contribution in [2.75, 3.05) is 33.3 Å². The standard InChI is InChI=1S/C29H29N5O3/c1-37-25-12-7-10-23(18-25)28-26(21-34(31-28)20-22-8-3-2-4-9-22)29(36)33-16-14-32(15-17-33)27(35)19-24-11-5-6-13-30-24/h2-13,18,21H,14-17,19-20H2,1H3. The lowest BCUT2D eigenvalue weighted by Gasteiger charge is -2.34. The summed E-state index contributed by atoms with van der Waals surface area (Å²) in [6, 6.07) is 23.2. The predicted molar refractivity (Wildman–Crippen MR) is 140 cm³/mol. The monoisotopic (exact) mass is 495 g/mol. The predicted octanol–water partition coefficient (Wildman–Crippen LogP) is 3.53. The van der Waals surface area contributed by atoms with Crippen LogP contribution in [0, 0.1) is 0 Å². The first kappa shape index (κ1) is 24.2. The SMILES string of the molecule is COc1cccc(-c2nn(Cc3ccccc3)cc2C(=O)N2CCN(C(=O)Cc3ccccn3)CC2)c1. The minimum atomic E-state index is -0.0889. The van der Waals surface area contributed by atoms with Gasteiger partial charge in [0.1, 0.15) is 11.4 Å². The molecule has 8 heteroatoms. The maximum absolute atomic E-state index is 13.7. The maximum Gasteiger partial charge on any atom is 0.257 e. The number of benzene rings is 2. The van der Waals surface area contributed by atoms with Gasteiger partial charge in [0.25, 0.3) is 5.91 Å². The molecule has 3 heterocycles. The van der Waals surface area contributed by atoms with Gasteiger partial charge in [-0.05, 0) is 29.8 Å². The van der Waals surface area contributed by atoms with Gasteiger partial charge >= 0.3 is 0 Å². The molecule has 5 rings (SSSR count). The van der Waals surface area contributed by atoms with Crippen LogP contribution in [0.1, 0.15) is 21.6 Å². The lowest BCUT2D eigenvalue weighted by atomic mass is 10.1. The molecule has 2 aromatic heterocycles. The molecule has 0 bridgehead atoms. The first-order chi connectivity index (χ1) is 18.1. The van der Waals surface area contributed by atoms with Crippen molar-refractivity contribution in [2.24, 2.45) is 0 Å². The Hall–Kier alpha value is -4.46. The highest BCUT2D eigenvalue weighted by Gasteiger charge is 2.28. The molecule has 2 amide bonds. The molecule has 0 spiro atoms. The zero-order valence-electron chi connectivity index (χ0n) is 20.8. The van der Waals surface area contributed by atoms with Crippen molar-refractivity contribution in [3.8, 4) is 17.0 Å². The summed E-state index contributed by atoms with van der Waals surface area (Å²) >= 11 is 0. The number of carbonyl (C=O) groups is 2. The normalized spacial score (nSPS) is 13.4. The van der Waals surface area contributed by atoms with Crippen molar-refractivity contribution < 1.29 is 14.3 Å².